The van der Waals surface area contributed by atoms with E-state index < -0.39 is 6.23 Å². The van der Waals surface area contributed by atoms with Gasteiger partial charge in [-0.3, -0.25) is 4.79 Å². The van der Waals surface area contributed by atoms with Crippen molar-refractivity contribution in [3.05, 3.63) is 74.6 Å². The third-order valence-corrected chi connectivity index (χ3v) is 5.58. The Hall–Kier alpha value is -1.46. The monoisotopic (exact) mass is 379 g/mol. The standard InChI is InChI=1S/C18H15Cl2NO2S/c1-11-2-4-12(5-3-11)10-21-17(22)15(20)16(18(21)23)24-14-8-6-13(19)7-9-14/h2-9,18,23H,10H2,1H3. The van der Waals surface area contributed by atoms with Gasteiger partial charge in [0.1, 0.15) is 5.03 Å². The molecule has 6 heteroatoms. The molecular formula is C18H15Cl2NO2S. The average molecular weight is 380 g/mol. The molecule has 1 heterocycles. The average Bonchev–Trinajstić information content (AvgIpc) is 2.76. The largest absolute Gasteiger partial charge is 0.369 e. The van der Waals surface area contributed by atoms with E-state index in [9.17, 15) is 9.90 Å². The highest BCUT2D eigenvalue weighted by Crippen LogP contribution is 2.40. The summed E-state index contributed by atoms with van der Waals surface area (Å²) in [6.45, 7) is 2.31. The van der Waals surface area contributed by atoms with Crippen molar-refractivity contribution in [2.75, 3.05) is 0 Å². The Morgan fingerprint density at radius 3 is 2.33 bits per heavy atom. The summed E-state index contributed by atoms with van der Waals surface area (Å²) in [7, 11) is 0. The zero-order valence-corrected chi connectivity index (χ0v) is 15.2. The van der Waals surface area contributed by atoms with Crippen LogP contribution in [-0.2, 0) is 11.3 Å². The second-order valence-electron chi connectivity index (χ2n) is 5.53. The van der Waals surface area contributed by atoms with Gasteiger partial charge >= 0.3 is 0 Å². The number of rotatable bonds is 4. The molecule has 0 saturated heterocycles. The maximum atomic E-state index is 12.4. The first-order valence-electron chi connectivity index (χ1n) is 7.33. The summed E-state index contributed by atoms with van der Waals surface area (Å²) >= 11 is 13.3. The second kappa shape index (κ2) is 7.19. The molecule has 2 aromatic rings. The second-order valence-corrected chi connectivity index (χ2v) is 7.46. The lowest BCUT2D eigenvalue weighted by molar-refractivity contribution is -0.132. The molecule has 0 bridgehead atoms. The Bertz CT molecular complexity index is 788. The molecular weight excluding hydrogens is 365 g/mol. The van der Waals surface area contributed by atoms with Crippen LogP contribution in [0.1, 0.15) is 11.1 Å². The number of hydrogen-bond acceptors (Lipinski definition) is 3. The fourth-order valence-electron chi connectivity index (χ4n) is 2.37. The number of thioether (sulfide) groups is 1. The van der Waals surface area contributed by atoms with Gasteiger partial charge in [0.15, 0.2) is 6.23 Å². The first-order valence-corrected chi connectivity index (χ1v) is 8.90. The van der Waals surface area contributed by atoms with Crippen LogP contribution in [0.25, 0.3) is 0 Å². The molecule has 1 unspecified atom stereocenters. The molecule has 0 spiro atoms. The minimum atomic E-state index is -1.05. The van der Waals surface area contributed by atoms with Crippen LogP contribution in [0.5, 0.6) is 0 Å². The molecule has 0 fully saturated rings. The van der Waals surface area contributed by atoms with Gasteiger partial charge in [-0.25, -0.2) is 0 Å². The number of carbonyl (C=O) groups excluding carboxylic acids is 1. The molecule has 1 atom stereocenters. The molecule has 3 rings (SSSR count). The van der Waals surface area contributed by atoms with Gasteiger partial charge in [0.25, 0.3) is 5.91 Å². The van der Waals surface area contributed by atoms with Gasteiger partial charge in [-0.2, -0.15) is 0 Å². The van der Waals surface area contributed by atoms with Crippen LogP contribution in [0.2, 0.25) is 5.02 Å². The van der Waals surface area contributed by atoms with Gasteiger partial charge in [0, 0.05) is 16.5 Å². The molecule has 1 N–H and O–H groups in total. The normalized spacial score (nSPS) is 17.8. The zero-order valence-electron chi connectivity index (χ0n) is 12.9. The number of aliphatic hydroxyl groups is 1. The molecule has 124 valence electrons. The SMILES string of the molecule is Cc1ccc(CN2C(=O)C(Cl)=C(Sc3ccc(Cl)cc3)C2O)cc1. The Labute approximate surface area is 154 Å². The third-order valence-electron chi connectivity index (χ3n) is 3.71. The van der Waals surface area contributed by atoms with Crippen molar-refractivity contribution >= 4 is 40.9 Å². The minimum absolute atomic E-state index is 0.0644. The van der Waals surface area contributed by atoms with Crippen LogP contribution in [-0.4, -0.2) is 22.1 Å². The molecule has 0 radical (unpaired) electrons. The molecule has 1 aliphatic heterocycles. The first kappa shape index (κ1) is 17.4. The predicted molar refractivity (Wildman–Crippen MR) is 97.9 cm³/mol. The Morgan fingerprint density at radius 2 is 1.71 bits per heavy atom. The minimum Gasteiger partial charge on any atom is -0.369 e. The van der Waals surface area contributed by atoms with E-state index in [0.717, 1.165) is 16.0 Å². The number of nitrogens with zero attached hydrogens (tertiary/aromatic N) is 1. The van der Waals surface area contributed by atoms with Crippen LogP contribution in [0.4, 0.5) is 0 Å². The van der Waals surface area contributed by atoms with Crippen LogP contribution < -0.4 is 0 Å². The molecule has 0 aliphatic carbocycles. The lowest BCUT2D eigenvalue weighted by atomic mass is 10.1. The number of benzene rings is 2. The molecule has 0 saturated carbocycles. The maximum Gasteiger partial charge on any atom is 0.268 e. The van der Waals surface area contributed by atoms with Crippen molar-refractivity contribution in [2.45, 2.75) is 24.6 Å². The topological polar surface area (TPSA) is 40.5 Å². The summed E-state index contributed by atoms with van der Waals surface area (Å²) < 4.78 is 0. The van der Waals surface area contributed by atoms with E-state index in [1.807, 2.05) is 43.3 Å². The quantitative estimate of drug-likeness (QED) is 0.846. The highest BCUT2D eigenvalue weighted by Gasteiger charge is 2.37. The van der Waals surface area contributed by atoms with Crippen molar-refractivity contribution < 1.29 is 9.90 Å². The lowest BCUT2D eigenvalue weighted by Crippen LogP contribution is -2.34. The van der Waals surface area contributed by atoms with E-state index in [0.29, 0.717) is 16.5 Å². The maximum absolute atomic E-state index is 12.4. The lowest BCUT2D eigenvalue weighted by Gasteiger charge is -2.22. The Morgan fingerprint density at radius 1 is 1.08 bits per heavy atom. The van der Waals surface area contributed by atoms with Crippen molar-refractivity contribution in [1.82, 2.24) is 4.90 Å². The van der Waals surface area contributed by atoms with E-state index in [1.54, 1.807) is 12.1 Å². The van der Waals surface area contributed by atoms with Crippen molar-refractivity contribution in [3.63, 3.8) is 0 Å². The van der Waals surface area contributed by atoms with E-state index in [1.165, 1.54) is 16.7 Å². The summed E-state index contributed by atoms with van der Waals surface area (Å²) in [6.07, 6.45) is -1.05. The Kier molecular flexibility index (Phi) is 5.21. The van der Waals surface area contributed by atoms with E-state index in [2.05, 4.69) is 0 Å². The van der Waals surface area contributed by atoms with E-state index in [-0.39, 0.29) is 10.9 Å². The van der Waals surface area contributed by atoms with Crippen molar-refractivity contribution in [3.8, 4) is 0 Å². The molecule has 2 aromatic carbocycles. The van der Waals surface area contributed by atoms with Crippen LogP contribution in [0.15, 0.2) is 63.4 Å². The molecule has 0 aromatic heterocycles. The highest BCUT2D eigenvalue weighted by molar-refractivity contribution is 8.03. The van der Waals surface area contributed by atoms with E-state index >= 15 is 0 Å². The fraction of sp³-hybridized carbons (Fsp3) is 0.167. The molecule has 1 aliphatic rings. The number of hydrogen-bond donors (Lipinski definition) is 1. The number of aryl methyl sites for hydroxylation is 1. The van der Waals surface area contributed by atoms with Crippen LogP contribution in [0.3, 0.4) is 0 Å². The Balaban J connectivity index is 1.77. The summed E-state index contributed by atoms with van der Waals surface area (Å²) in [6, 6.07) is 15.0. The zero-order chi connectivity index (χ0) is 17.3. The van der Waals surface area contributed by atoms with E-state index in [4.69, 9.17) is 23.2 Å². The van der Waals surface area contributed by atoms with Gasteiger partial charge in [-0.05, 0) is 36.8 Å². The van der Waals surface area contributed by atoms with Gasteiger partial charge in [0.05, 0.1) is 4.91 Å². The molecule has 1 amide bonds. The smallest absolute Gasteiger partial charge is 0.268 e. The van der Waals surface area contributed by atoms with Crippen molar-refractivity contribution in [2.24, 2.45) is 0 Å². The first-order chi connectivity index (χ1) is 11.5. The summed E-state index contributed by atoms with van der Waals surface area (Å²) in [5, 5.41) is 11.2. The summed E-state index contributed by atoms with van der Waals surface area (Å²) in [5.41, 5.74) is 2.08. The van der Waals surface area contributed by atoms with Gasteiger partial charge in [-0.15, -0.1) is 0 Å². The van der Waals surface area contributed by atoms with Crippen LogP contribution >= 0.6 is 35.0 Å². The number of aliphatic hydroxyl groups excluding tert-OH is 1. The van der Waals surface area contributed by atoms with Crippen LogP contribution in [0, 0.1) is 6.92 Å². The summed E-state index contributed by atoms with van der Waals surface area (Å²) in [4.78, 5) is 15.0. The van der Waals surface area contributed by atoms with Crippen molar-refractivity contribution in [1.29, 1.82) is 0 Å². The predicted octanol–water partition coefficient (Wildman–Crippen LogP) is 4.55. The molecule has 24 heavy (non-hydrogen) atoms. The number of halogens is 2. The number of amides is 1. The third kappa shape index (κ3) is 3.62. The summed E-state index contributed by atoms with van der Waals surface area (Å²) in [5.74, 6) is -0.360. The molecule has 3 nitrogen and oxygen atoms in total. The van der Waals surface area contributed by atoms with Gasteiger partial charge in [-0.1, -0.05) is 64.8 Å². The fourth-order valence-corrected chi connectivity index (χ4v) is 3.76. The highest BCUT2D eigenvalue weighted by atomic mass is 35.5. The van der Waals surface area contributed by atoms with Gasteiger partial charge < -0.3 is 10.0 Å². The number of carbonyl (C=O) groups is 1. The van der Waals surface area contributed by atoms with Gasteiger partial charge in [0.2, 0.25) is 0 Å².